The number of aliphatic hydroxyl groups is 1. The lowest BCUT2D eigenvalue weighted by atomic mass is 10.0. The van der Waals surface area contributed by atoms with Gasteiger partial charge in [0.05, 0.1) is 26.4 Å². The third kappa shape index (κ3) is 69.8. The molecule has 0 heterocycles. The fraction of sp³-hybridized carbons (Fsp3) is 0.895. The molecule has 0 aromatic heterocycles. The highest BCUT2D eigenvalue weighted by atomic mass is 31.2. The van der Waals surface area contributed by atoms with Gasteiger partial charge in [-0.3, -0.25) is 37.3 Å². The number of esters is 4. The van der Waals surface area contributed by atoms with E-state index in [2.05, 4.69) is 72.8 Å². The largest absolute Gasteiger partial charge is 0.472 e. The highest BCUT2D eigenvalue weighted by molar-refractivity contribution is 7.47. The first-order valence-corrected chi connectivity index (χ1v) is 41.7. The zero-order valence-electron chi connectivity index (χ0n) is 61.6. The zero-order chi connectivity index (χ0) is 70.1. The van der Waals surface area contributed by atoms with Crippen LogP contribution in [0.3, 0.4) is 0 Å². The number of carbonyl (C=O) groups excluding carboxylic acids is 4. The van der Waals surface area contributed by atoms with Gasteiger partial charge < -0.3 is 33.8 Å². The van der Waals surface area contributed by atoms with Gasteiger partial charge in [-0.15, -0.1) is 0 Å². The number of aliphatic hydroxyl groups excluding tert-OH is 1. The molecule has 0 aliphatic carbocycles. The molecule has 0 aliphatic rings. The molecular weight excluding hydrogens is 1250 g/mol. The molecule has 0 radical (unpaired) electrons. The summed E-state index contributed by atoms with van der Waals surface area (Å²) < 4.78 is 68.5. The van der Waals surface area contributed by atoms with Crippen molar-refractivity contribution >= 4 is 39.5 Å². The molecule has 2 unspecified atom stereocenters. The van der Waals surface area contributed by atoms with Gasteiger partial charge in [0.15, 0.2) is 12.2 Å². The highest BCUT2D eigenvalue weighted by Crippen LogP contribution is 2.45. The molecule has 0 bridgehead atoms. The molecule has 0 saturated heterocycles. The van der Waals surface area contributed by atoms with E-state index in [-0.39, 0.29) is 25.7 Å². The van der Waals surface area contributed by atoms with E-state index < -0.39 is 97.5 Å². The van der Waals surface area contributed by atoms with Crippen LogP contribution in [0, 0.1) is 17.8 Å². The lowest BCUT2D eigenvalue weighted by Crippen LogP contribution is -2.30. The van der Waals surface area contributed by atoms with Crippen molar-refractivity contribution in [2.75, 3.05) is 39.6 Å². The van der Waals surface area contributed by atoms with E-state index in [0.717, 1.165) is 127 Å². The third-order valence-corrected chi connectivity index (χ3v) is 18.9. The average molecular weight is 1390 g/mol. The van der Waals surface area contributed by atoms with Crippen molar-refractivity contribution in [1.29, 1.82) is 0 Å². The van der Waals surface area contributed by atoms with Crippen LogP contribution < -0.4 is 0 Å². The molecular formula is C76H144O17P2. The van der Waals surface area contributed by atoms with Gasteiger partial charge in [0, 0.05) is 25.7 Å². The molecule has 0 amide bonds. The number of rotatable bonds is 72. The molecule has 0 fully saturated rings. The number of phosphoric acid groups is 2. The standard InChI is InChI=1S/C76H144O17P2/c1-8-9-10-11-12-13-14-15-16-19-25-30-35-43-50-57-73(78)86-63-71(92-75(80)60-53-46-37-32-27-22-21-24-29-34-41-48-55-68(4)5)65-90-94(82,83)88-61-70(77)62-89-95(84,85)91-66-72(64-87-74(79)58-51-44-39-38-42-49-56-69(6)7)93-76(81)59-52-45-36-31-26-20-17-18-23-28-33-40-47-54-67(2)3/h13-16,67-72,77H,8-12,17-66H2,1-7H3,(H,82,83)(H,84,85)/b14-13-,16-15-/t70-,71-,72-/m1/s1. The van der Waals surface area contributed by atoms with Crippen LogP contribution in [0.25, 0.3) is 0 Å². The van der Waals surface area contributed by atoms with Gasteiger partial charge in [-0.1, -0.05) is 310 Å². The summed E-state index contributed by atoms with van der Waals surface area (Å²) >= 11 is 0. The molecule has 0 aromatic rings. The number of carbonyl (C=O) groups is 4. The minimum atomic E-state index is -4.96. The van der Waals surface area contributed by atoms with Crippen molar-refractivity contribution in [2.45, 2.75) is 381 Å². The summed E-state index contributed by atoms with van der Waals surface area (Å²) in [5.74, 6) is 0.0872. The molecule has 560 valence electrons. The second-order valence-corrected chi connectivity index (χ2v) is 31.0. The number of unbranched alkanes of at least 4 members (excludes halogenated alkanes) is 37. The highest BCUT2D eigenvalue weighted by Gasteiger charge is 2.30. The Hall–Kier alpha value is -2.46. The maximum atomic E-state index is 13.1. The second-order valence-electron chi connectivity index (χ2n) is 28.1. The van der Waals surface area contributed by atoms with Crippen molar-refractivity contribution in [3.05, 3.63) is 24.3 Å². The summed E-state index contributed by atoms with van der Waals surface area (Å²) in [5, 5.41) is 10.6. The molecule has 19 heteroatoms. The summed E-state index contributed by atoms with van der Waals surface area (Å²) in [6, 6.07) is 0. The van der Waals surface area contributed by atoms with Crippen LogP contribution in [0.5, 0.6) is 0 Å². The van der Waals surface area contributed by atoms with Crippen molar-refractivity contribution in [3.63, 3.8) is 0 Å². The Balaban J connectivity index is 5.27. The van der Waals surface area contributed by atoms with E-state index in [1.807, 2.05) is 0 Å². The Labute approximate surface area is 580 Å². The van der Waals surface area contributed by atoms with Crippen LogP contribution in [0.4, 0.5) is 0 Å². The lowest BCUT2D eigenvalue weighted by Gasteiger charge is -2.21. The van der Waals surface area contributed by atoms with E-state index >= 15 is 0 Å². The number of hydrogen-bond acceptors (Lipinski definition) is 15. The predicted molar refractivity (Wildman–Crippen MR) is 386 cm³/mol. The SMILES string of the molecule is CCCCCC/C=C\C=C/CCCCCCCC(=O)OC[C@H](COP(=O)(O)OC[C@@H](O)COP(=O)(O)OC[C@@H](COC(=O)CCCCCCCCC(C)C)OC(=O)CCCCCCCCCCCCCCCC(C)C)OC(=O)CCCCCCCCCCCCCCC(C)C. The first kappa shape index (κ1) is 92.5. The number of hydrogen-bond donors (Lipinski definition) is 3. The van der Waals surface area contributed by atoms with Gasteiger partial charge >= 0.3 is 39.5 Å². The first-order valence-electron chi connectivity index (χ1n) is 38.7. The molecule has 17 nitrogen and oxygen atoms in total. The smallest absolute Gasteiger partial charge is 0.462 e. The molecule has 0 saturated carbocycles. The van der Waals surface area contributed by atoms with Crippen LogP contribution in [-0.2, 0) is 65.4 Å². The topological polar surface area (TPSA) is 237 Å². The Morgan fingerprint density at radius 2 is 0.568 bits per heavy atom. The predicted octanol–water partition coefficient (Wildman–Crippen LogP) is 21.7. The van der Waals surface area contributed by atoms with Crippen molar-refractivity contribution in [3.8, 4) is 0 Å². The van der Waals surface area contributed by atoms with Gasteiger partial charge in [0.1, 0.15) is 19.3 Å². The number of ether oxygens (including phenoxy) is 4. The first-order chi connectivity index (χ1) is 45.7. The van der Waals surface area contributed by atoms with Crippen molar-refractivity contribution in [2.24, 2.45) is 17.8 Å². The Morgan fingerprint density at radius 1 is 0.326 bits per heavy atom. The molecule has 3 N–H and O–H groups in total. The minimum absolute atomic E-state index is 0.0996. The fourth-order valence-corrected chi connectivity index (χ4v) is 12.6. The van der Waals surface area contributed by atoms with E-state index in [9.17, 15) is 43.2 Å². The molecule has 0 rings (SSSR count). The summed E-state index contributed by atoms with van der Waals surface area (Å²) in [6.07, 6.45) is 55.0. The van der Waals surface area contributed by atoms with E-state index in [1.54, 1.807) is 0 Å². The van der Waals surface area contributed by atoms with Crippen LogP contribution in [0.2, 0.25) is 0 Å². The number of phosphoric ester groups is 2. The number of allylic oxidation sites excluding steroid dienone is 4. The molecule has 5 atom stereocenters. The van der Waals surface area contributed by atoms with Crippen LogP contribution in [0.1, 0.15) is 363 Å². The second kappa shape index (κ2) is 66.1. The summed E-state index contributed by atoms with van der Waals surface area (Å²) in [5.41, 5.74) is 0. The third-order valence-electron chi connectivity index (χ3n) is 17.0. The van der Waals surface area contributed by atoms with Crippen molar-refractivity contribution in [1.82, 2.24) is 0 Å². The van der Waals surface area contributed by atoms with Crippen LogP contribution in [0.15, 0.2) is 24.3 Å². The van der Waals surface area contributed by atoms with Crippen LogP contribution >= 0.6 is 15.6 Å². The average Bonchev–Trinajstić information content (AvgIpc) is 1.22. The summed E-state index contributed by atoms with van der Waals surface area (Å²) in [6.45, 7) is 11.8. The van der Waals surface area contributed by atoms with E-state index in [1.165, 1.54) is 148 Å². The van der Waals surface area contributed by atoms with Crippen molar-refractivity contribution < 1.29 is 80.2 Å². The molecule has 0 aliphatic heterocycles. The van der Waals surface area contributed by atoms with Gasteiger partial charge in [-0.05, 0) is 69.1 Å². The Kier molecular flexibility index (Phi) is 64.4. The van der Waals surface area contributed by atoms with Gasteiger partial charge in [-0.25, -0.2) is 9.13 Å². The Bertz CT molecular complexity index is 1950. The fourth-order valence-electron chi connectivity index (χ4n) is 11.1. The van der Waals surface area contributed by atoms with E-state index in [0.29, 0.717) is 31.6 Å². The van der Waals surface area contributed by atoms with Gasteiger partial charge in [0.2, 0.25) is 0 Å². The van der Waals surface area contributed by atoms with Gasteiger partial charge in [-0.2, -0.15) is 0 Å². The monoisotopic (exact) mass is 1390 g/mol. The van der Waals surface area contributed by atoms with Crippen LogP contribution in [-0.4, -0.2) is 96.7 Å². The quantitative estimate of drug-likeness (QED) is 0.0169. The maximum absolute atomic E-state index is 13.1. The Morgan fingerprint density at radius 3 is 0.853 bits per heavy atom. The van der Waals surface area contributed by atoms with E-state index in [4.69, 9.17) is 37.0 Å². The molecule has 95 heavy (non-hydrogen) atoms. The minimum Gasteiger partial charge on any atom is -0.462 e. The van der Waals surface area contributed by atoms with Gasteiger partial charge in [0.25, 0.3) is 0 Å². The lowest BCUT2D eigenvalue weighted by molar-refractivity contribution is -0.161. The molecule has 0 spiro atoms. The summed E-state index contributed by atoms with van der Waals surface area (Å²) in [7, 11) is -9.92. The molecule has 0 aromatic carbocycles. The maximum Gasteiger partial charge on any atom is 0.472 e. The summed E-state index contributed by atoms with van der Waals surface area (Å²) in [4.78, 5) is 72.8. The normalized spacial score (nSPS) is 14.2. The zero-order valence-corrected chi connectivity index (χ0v) is 63.4.